The lowest BCUT2D eigenvalue weighted by atomic mass is 10.2. The standard InChI is InChI=1S/C26H25ClN8O3/c1-28-24(36)17-6-3-7-18(11-17)32-23-20(27)15-30-25(35-23)34-21-9-8-19(12-22(21)38-2)33-26(37)31-14-16-5-4-10-29-13-16/h3-13,15H,14H2,1-2H3,(H,28,36)(H2,31,33,37)(H2,30,32,34,35). The minimum Gasteiger partial charge on any atom is -0.494 e. The minimum absolute atomic E-state index is 0.208. The van der Waals surface area contributed by atoms with Gasteiger partial charge in [-0.3, -0.25) is 9.78 Å². The first-order chi connectivity index (χ1) is 18.4. The quantitative estimate of drug-likeness (QED) is 0.209. The SMILES string of the molecule is CNC(=O)c1cccc(Nc2nc(Nc3ccc(NC(=O)NCc4cccnc4)cc3OC)ncc2Cl)c1. The Morgan fingerprint density at radius 1 is 1.00 bits per heavy atom. The molecule has 0 atom stereocenters. The van der Waals surface area contributed by atoms with Gasteiger partial charge >= 0.3 is 6.03 Å². The first-order valence-electron chi connectivity index (χ1n) is 11.5. The summed E-state index contributed by atoms with van der Waals surface area (Å²) in [6, 6.07) is 15.4. The number of rotatable bonds is 9. The largest absolute Gasteiger partial charge is 0.494 e. The van der Waals surface area contributed by atoms with Crippen LogP contribution >= 0.6 is 11.6 Å². The zero-order valence-corrected chi connectivity index (χ0v) is 21.3. The monoisotopic (exact) mass is 532 g/mol. The average Bonchev–Trinajstić information content (AvgIpc) is 2.94. The van der Waals surface area contributed by atoms with Crippen molar-refractivity contribution in [3.63, 3.8) is 0 Å². The van der Waals surface area contributed by atoms with Gasteiger partial charge in [0, 0.05) is 49.0 Å². The van der Waals surface area contributed by atoms with Crippen LogP contribution < -0.4 is 31.3 Å². The number of nitrogens with one attached hydrogen (secondary N) is 5. The highest BCUT2D eigenvalue weighted by atomic mass is 35.5. The lowest BCUT2D eigenvalue weighted by molar-refractivity contribution is 0.0963. The van der Waals surface area contributed by atoms with Crippen LogP contribution in [0.3, 0.4) is 0 Å². The van der Waals surface area contributed by atoms with Crippen LogP contribution in [-0.4, -0.2) is 41.0 Å². The maximum atomic E-state index is 12.3. The molecule has 0 aliphatic heterocycles. The van der Waals surface area contributed by atoms with E-state index >= 15 is 0 Å². The highest BCUT2D eigenvalue weighted by Crippen LogP contribution is 2.31. The summed E-state index contributed by atoms with van der Waals surface area (Å²) in [4.78, 5) is 36.9. The lowest BCUT2D eigenvalue weighted by Gasteiger charge is -2.14. The molecule has 4 aromatic rings. The summed E-state index contributed by atoms with van der Waals surface area (Å²) < 4.78 is 5.49. The number of ether oxygens (including phenoxy) is 1. The van der Waals surface area contributed by atoms with Crippen LogP contribution in [0, 0.1) is 0 Å². The smallest absolute Gasteiger partial charge is 0.319 e. The fourth-order valence-electron chi connectivity index (χ4n) is 3.39. The number of pyridine rings is 1. The normalized spacial score (nSPS) is 10.3. The van der Waals surface area contributed by atoms with E-state index in [1.165, 1.54) is 13.3 Å². The van der Waals surface area contributed by atoms with E-state index in [9.17, 15) is 9.59 Å². The summed E-state index contributed by atoms with van der Waals surface area (Å²) in [5.41, 5.74) is 3.11. The van der Waals surface area contributed by atoms with Gasteiger partial charge in [-0.2, -0.15) is 4.98 Å². The molecule has 2 heterocycles. The van der Waals surface area contributed by atoms with Crippen LogP contribution in [0.25, 0.3) is 0 Å². The molecule has 3 amide bonds. The summed E-state index contributed by atoms with van der Waals surface area (Å²) in [6.45, 7) is 0.344. The number of amides is 3. The van der Waals surface area contributed by atoms with Gasteiger partial charge in [0.2, 0.25) is 5.95 Å². The van der Waals surface area contributed by atoms with Crippen molar-refractivity contribution in [3.05, 3.63) is 89.3 Å². The molecule has 2 aromatic carbocycles. The van der Waals surface area contributed by atoms with E-state index in [0.29, 0.717) is 45.8 Å². The van der Waals surface area contributed by atoms with Crippen molar-refractivity contribution in [2.45, 2.75) is 6.54 Å². The highest BCUT2D eigenvalue weighted by molar-refractivity contribution is 6.32. The molecule has 0 aliphatic carbocycles. The third-order valence-electron chi connectivity index (χ3n) is 5.24. The van der Waals surface area contributed by atoms with Gasteiger partial charge in [0.25, 0.3) is 5.91 Å². The lowest BCUT2D eigenvalue weighted by Crippen LogP contribution is -2.28. The maximum Gasteiger partial charge on any atom is 0.319 e. The molecule has 0 unspecified atom stereocenters. The maximum absolute atomic E-state index is 12.3. The molecule has 0 radical (unpaired) electrons. The molecule has 0 aliphatic rings. The van der Waals surface area contributed by atoms with Gasteiger partial charge in [0.05, 0.1) is 19.0 Å². The van der Waals surface area contributed by atoms with Crippen molar-refractivity contribution in [1.29, 1.82) is 0 Å². The first kappa shape index (κ1) is 26.2. The molecule has 5 N–H and O–H groups in total. The van der Waals surface area contributed by atoms with E-state index in [0.717, 1.165) is 5.56 Å². The van der Waals surface area contributed by atoms with Gasteiger partial charge in [0.15, 0.2) is 5.82 Å². The Morgan fingerprint density at radius 2 is 1.87 bits per heavy atom. The van der Waals surface area contributed by atoms with Gasteiger partial charge < -0.3 is 31.3 Å². The predicted octanol–water partition coefficient (Wildman–Crippen LogP) is 4.70. The predicted molar refractivity (Wildman–Crippen MR) is 147 cm³/mol. The number of halogens is 1. The van der Waals surface area contributed by atoms with E-state index in [1.807, 2.05) is 6.07 Å². The number of carbonyl (C=O) groups is 2. The second kappa shape index (κ2) is 12.4. The van der Waals surface area contributed by atoms with E-state index < -0.39 is 0 Å². The molecular weight excluding hydrogens is 508 g/mol. The zero-order chi connectivity index (χ0) is 26.9. The van der Waals surface area contributed by atoms with Gasteiger partial charge in [-0.05, 0) is 42.0 Å². The second-order valence-electron chi connectivity index (χ2n) is 7.88. The number of hydrogen-bond acceptors (Lipinski definition) is 8. The van der Waals surface area contributed by atoms with Crippen molar-refractivity contribution in [1.82, 2.24) is 25.6 Å². The number of benzene rings is 2. The number of urea groups is 1. The molecule has 11 nitrogen and oxygen atoms in total. The molecule has 4 rings (SSSR count). The first-order valence-corrected chi connectivity index (χ1v) is 11.8. The van der Waals surface area contributed by atoms with E-state index in [2.05, 4.69) is 41.5 Å². The second-order valence-corrected chi connectivity index (χ2v) is 8.29. The van der Waals surface area contributed by atoms with Crippen LogP contribution in [0.4, 0.5) is 33.6 Å². The van der Waals surface area contributed by atoms with E-state index in [1.54, 1.807) is 68.0 Å². The fraction of sp³-hybridized carbons (Fsp3) is 0.115. The topological polar surface area (TPSA) is 142 Å². The Balaban J connectivity index is 1.44. The van der Waals surface area contributed by atoms with Crippen molar-refractivity contribution in [3.8, 4) is 5.75 Å². The summed E-state index contributed by atoms with van der Waals surface area (Å²) in [6.07, 6.45) is 4.81. The number of aromatic nitrogens is 3. The van der Waals surface area contributed by atoms with Crippen molar-refractivity contribution in [2.75, 3.05) is 30.1 Å². The van der Waals surface area contributed by atoms with Crippen LogP contribution in [-0.2, 0) is 6.54 Å². The van der Waals surface area contributed by atoms with Crippen molar-refractivity contribution >= 4 is 52.4 Å². The molecule has 194 valence electrons. The van der Waals surface area contributed by atoms with Crippen LogP contribution in [0.2, 0.25) is 5.02 Å². The van der Waals surface area contributed by atoms with Crippen LogP contribution in [0.5, 0.6) is 5.75 Å². The summed E-state index contributed by atoms with van der Waals surface area (Å²) in [5.74, 6) is 0.857. The minimum atomic E-state index is -0.367. The van der Waals surface area contributed by atoms with Gasteiger partial charge in [-0.1, -0.05) is 23.7 Å². The third kappa shape index (κ3) is 6.86. The Bertz CT molecular complexity index is 1440. The fourth-order valence-corrected chi connectivity index (χ4v) is 3.53. The molecule has 0 bridgehead atoms. The molecule has 12 heteroatoms. The van der Waals surface area contributed by atoms with Crippen molar-refractivity contribution in [2.24, 2.45) is 0 Å². The van der Waals surface area contributed by atoms with Gasteiger partial charge in [0.1, 0.15) is 10.8 Å². The molecule has 0 fully saturated rings. The summed E-state index contributed by atoms with van der Waals surface area (Å²) in [7, 11) is 3.08. The highest BCUT2D eigenvalue weighted by Gasteiger charge is 2.12. The number of anilines is 5. The van der Waals surface area contributed by atoms with Gasteiger partial charge in [-0.25, -0.2) is 9.78 Å². The average molecular weight is 533 g/mol. The Kier molecular flexibility index (Phi) is 8.52. The summed E-state index contributed by atoms with van der Waals surface area (Å²) >= 11 is 6.30. The molecular formula is C26H25ClN8O3. The van der Waals surface area contributed by atoms with Crippen molar-refractivity contribution < 1.29 is 14.3 Å². The number of hydrogen-bond donors (Lipinski definition) is 5. The van der Waals surface area contributed by atoms with Gasteiger partial charge in [-0.15, -0.1) is 0 Å². The molecule has 38 heavy (non-hydrogen) atoms. The van der Waals surface area contributed by atoms with Crippen LogP contribution in [0.15, 0.2) is 73.2 Å². The number of methoxy groups -OCH3 is 1. The van der Waals surface area contributed by atoms with E-state index in [-0.39, 0.29) is 17.9 Å². The van der Waals surface area contributed by atoms with Crippen LogP contribution in [0.1, 0.15) is 15.9 Å². The Hall–Kier alpha value is -4.90. The summed E-state index contributed by atoms with van der Waals surface area (Å²) in [5, 5.41) is 14.6. The third-order valence-corrected chi connectivity index (χ3v) is 5.52. The molecule has 0 spiro atoms. The Labute approximate surface area is 224 Å². The molecule has 2 aromatic heterocycles. The molecule has 0 saturated heterocycles. The van der Waals surface area contributed by atoms with E-state index in [4.69, 9.17) is 16.3 Å². The number of nitrogens with zero attached hydrogens (tertiary/aromatic N) is 3. The Morgan fingerprint density at radius 3 is 2.63 bits per heavy atom. The molecule has 0 saturated carbocycles. The zero-order valence-electron chi connectivity index (χ0n) is 20.6. The number of carbonyl (C=O) groups excluding carboxylic acids is 2.